The minimum absolute atomic E-state index is 0.158. The molecule has 6 nitrogen and oxygen atoms in total. The van der Waals surface area contributed by atoms with Crippen LogP contribution in [0.1, 0.15) is 30.9 Å². The topological polar surface area (TPSA) is 82.6 Å². The average Bonchev–Trinajstić information content (AvgIpc) is 3.24. The lowest BCUT2D eigenvalue weighted by Crippen LogP contribution is -2.44. The maximum Gasteiger partial charge on any atom is 0.283 e. The van der Waals surface area contributed by atoms with Crippen LogP contribution in [0.3, 0.4) is 0 Å². The highest BCUT2D eigenvalue weighted by atomic mass is 16.5. The van der Waals surface area contributed by atoms with E-state index in [1.54, 1.807) is 6.33 Å². The maximum absolute atomic E-state index is 6.01. The molecule has 140 valence electrons. The highest BCUT2D eigenvalue weighted by Gasteiger charge is 2.57. The van der Waals surface area contributed by atoms with E-state index in [1.807, 2.05) is 12.4 Å². The van der Waals surface area contributed by atoms with E-state index in [0.29, 0.717) is 18.5 Å². The molecule has 1 spiro atoms. The third-order valence-electron chi connectivity index (χ3n) is 6.70. The molecule has 2 aromatic rings. The van der Waals surface area contributed by atoms with Gasteiger partial charge >= 0.3 is 0 Å². The largest absolute Gasteiger partial charge is 0.462 e. The second kappa shape index (κ2) is 6.02. The molecule has 1 aromatic carbocycles. The van der Waals surface area contributed by atoms with E-state index in [4.69, 9.17) is 20.2 Å². The minimum atomic E-state index is -0.406. The molecule has 2 aliphatic heterocycles. The zero-order valence-electron chi connectivity index (χ0n) is 15.5. The lowest BCUT2D eigenvalue weighted by molar-refractivity contribution is -0.0301. The number of nitrogens with two attached hydrogens (primary N) is 1. The Bertz CT molecular complexity index is 892. The molecule has 0 saturated carbocycles. The fraction of sp³-hybridized carbons (Fsp3) is 0.476. The number of fused-ring (bicyclic) bond motifs is 2. The van der Waals surface area contributed by atoms with Gasteiger partial charge in [0, 0.05) is 37.1 Å². The summed E-state index contributed by atoms with van der Waals surface area (Å²) in [6.07, 6.45) is 8.32. The molecule has 6 heteroatoms. The van der Waals surface area contributed by atoms with Crippen molar-refractivity contribution in [3.63, 3.8) is 0 Å². The zero-order valence-corrected chi connectivity index (χ0v) is 15.5. The Morgan fingerprint density at radius 2 is 1.89 bits per heavy atom. The Morgan fingerprint density at radius 1 is 1.11 bits per heavy atom. The number of aromatic nitrogens is 2. The molecule has 0 radical (unpaired) electrons. The molecular weight excluding hydrogens is 340 g/mol. The third kappa shape index (κ3) is 2.54. The second-order valence-electron chi connectivity index (χ2n) is 8.19. The van der Waals surface area contributed by atoms with E-state index in [0.717, 1.165) is 43.6 Å². The van der Waals surface area contributed by atoms with E-state index < -0.39 is 5.54 Å². The van der Waals surface area contributed by atoms with E-state index in [2.05, 4.69) is 35.1 Å². The van der Waals surface area contributed by atoms with Crippen LogP contribution in [0.5, 0.6) is 0 Å². The number of hydrogen-bond acceptors (Lipinski definition) is 6. The van der Waals surface area contributed by atoms with Gasteiger partial charge in [-0.1, -0.05) is 19.1 Å². The summed E-state index contributed by atoms with van der Waals surface area (Å²) in [5.74, 6) is 0.354. The van der Waals surface area contributed by atoms with Crippen LogP contribution in [0.15, 0.2) is 41.9 Å². The molecule has 1 aliphatic carbocycles. The summed E-state index contributed by atoms with van der Waals surface area (Å²) in [5.41, 5.74) is 10.5. The summed E-state index contributed by atoms with van der Waals surface area (Å²) in [4.78, 5) is 13.2. The number of amidine groups is 1. The Labute approximate surface area is 158 Å². The molecule has 27 heavy (non-hydrogen) atoms. The van der Waals surface area contributed by atoms with Gasteiger partial charge in [-0.25, -0.2) is 15.0 Å². The van der Waals surface area contributed by atoms with Crippen molar-refractivity contribution in [2.24, 2.45) is 22.1 Å². The van der Waals surface area contributed by atoms with Crippen LogP contribution >= 0.6 is 0 Å². The van der Waals surface area contributed by atoms with Crippen molar-refractivity contribution >= 4 is 6.02 Å². The Kier molecular flexibility index (Phi) is 3.72. The Hall–Kier alpha value is -2.47. The van der Waals surface area contributed by atoms with Gasteiger partial charge in [0.1, 0.15) is 18.5 Å². The van der Waals surface area contributed by atoms with E-state index in [-0.39, 0.29) is 5.41 Å². The summed E-state index contributed by atoms with van der Waals surface area (Å²) >= 11 is 0. The van der Waals surface area contributed by atoms with Crippen molar-refractivity contribution in [1.82, 2.24) is 9.97 Å². The van der Waals surface area contributed by atoms with E-state index in [1.165, 1.54) is 11.1 Å². The summed E-state index contributed by atoms with van der Waals surface area (Å²) in [7, 11) is 0. The fourth-order valence-electron chi connectivity index (χ4n) is 5.13. The summed E-state index contributed by atoms with van der Waals surface area (Å²) in [5, 5.41) is 0. The standard InChI is InChI=1S/C21H24N4O2/c1-20(4-6-26-7-5-20)18-9-15-3-2-14(16-10-23-13-24-11-16)8-17(15)21(18)12-27-19(22)25-21/h2-3,8,10-11,13,18H,4-7,9,12H2,1H3,(H2,22,25). The summed E-state index contributed by atoms with van der Waals surface area (Å²) in [6, 6.07) is 6.92. The van der Waals surface area contributed by atoms with Crippen molar-refractivity contribution in [2.75, 3.05) is 19.8 Å². The van der Waals surface area contributed by atoms with Crippen molar-refractivity contribution in [2.45, 2.75) is 31.7 Å². The van der Waals surface area contributed by atoms with Gasteiger partial charge < -0.3 is 15.2 Å². The lowest BCUT2D eigenvalue weighted by atomic mass is 9.64. The first-order valence-electron chi connectivity index (χ1n) is 9.55. The number of aliphatic imine (C=N–C) groups is 1. The van der Waals surface area contributed by atoms with Crippen molar-refractivity contribution < 1.29 is 9.47 Å². The molecule has 0 amide bonds. The highest BCUT2D eigenvalue weighted by Crippen LogP contribution is 2.57. The Balaban J connectivity index is 1.62. The first kappa shape index (κ1) is 16.7. The molecule has 2 unspecified atom stereocenters. The second-order valence-corrected chi connectivity index (χ2v) is 8.19. The fourth-order valence-corrected chi connectivity index (χ4v) is 5.13. The first-order valence-corrected chi connectivity index (χ1v) is 9.55. The molecule has 3 aliphatic rings. The van der Waals surface area contributed by atoms with Crippen LogP contribution in [0.25, 0.3) is 11.1 Å². The normalized spacial score (nSPS) is 28.6. The van der Waals surface area contributed by atoms with Gasteiger partial charge in [0.05, 0.1) is 0 Å². The summed E-state index contributed by atoms with van der Waals surface area (Å²) in [6.45, 7) is 4.52. The minimum Gasteiger partial charge on any atom is -0.462 e. The number of rotatable bonds is 2. The third-order valence-corrected chi connectivity index (χ3v) is 6.70. The molecule has 1 fully saturated rings. The van der Waals surface area contributed by atoms with Gasteiger partial charge in [0.15, 0.2) is 0 Å². The van der Waals surface area contributed by atoms with Crippen molar-refractivity contribution in [1.29, 1.82) is 0 Å². The van der Waals surface area contributed by atoms with E-state index >= 15 is 0 Å². The smallest absolute Gasteiger partial charge is 0.283 e. The number of nitrogens with zero attached hydrogens (tertiary/aromatic N) is 3. The number of ether oxygens (including phenoxy) is 2. The van der Waals surface area contributed by atoms with Crippen LogP contribution in [-0.2, 0) is 21.4 Å². The van der Waals surface area contributed by atoms with E-state index in [9.17, 15) is 0 Å². The van der Waals surface area contributed by atoms with Gasteiger partial charge in [-0.3, -0.25) is 0 Å². The SMILES string of the molecule is CC1(C2Cc3ccc(-c4cncnc4)cc3C23COC(N)=N3)CCOCC1. The highest BCUT2D eigenvalue weighted by molar-refractivity contribution is 5.75. The quantitative estimate of drug-likeness (QED) is 0.886. The molecule has 2 atom stereocenters. The molecule has 2 N–H and O–H groups in total. The molecule has 5 rings (SSSR count). The molecule has 0 bridgehead atoms. The average molecular weight is 364 g/mol. The predicted molar refractivity (Wildman–Crippen MR) is 102 cm³/mol. The van der Waals surface area contributed by atoms with Crippen LogP contribution < -0.4 is 5.73 Å². The molecule has 1 saturated heterocycles. The Morgan fingerprint density at radius 3 is 2.59 bits per heavy atom. The van der Waals surface area contributed by atoms with Gasteiger partial charge in [-0.2, -0.15) is 0 Å². The van der Waals surface area contributed by atoms with Crippen LogP contribution in [0, 0.1) is 11.3 Å². The van der Waals surface area contributed by atoms with Crippen molar-refractivity contribution in [3.8, 4) is 11.1 Å². The monoisotopic (exact) mass is 364 g/mol. The van der Waals surface area contributed by atoms with Gasteiger partial charge in [0.25, 0.3) is 6.02 Å². The van der Waals surface area contributed by atoms with Crippen molar-refractivity contribution in [3.05, 3.63) is 48.0 Å². The van der Waals surface area contributed by atoms with Gasteiger partial charge in [0.2, 0.25) is 0 Å². The van der Waals surface area contributed by atoms with Crippen LogP contribution in [0.4, 0.5) is 0 Å². The molecule has 3 heterocycles. The maximum atomic E-state index is 6.01. The first-order chi connectivity index (χ1) is 13.1. The summed E-state index contributed by atoms with van der Waals surface area (Å²) < 4.78 is 11.4. The van der Waals surface area contributed by atoms with Gasteiger partial charge in [-0.15, -0.1) is 0 Å². The van der Waals surface area contributed by atoms with Crippen LogP contribution in [0.2, 0.25) is 0 Å². The number of hydrogen-bond donors (Lipinski definition) is 1. The predicted octanol–water partition coefficient (Wildman–Crippen LogP) is 2.67. The van der Waals surface area contributed by atoms with Crippen LogP contribution in [-0.4, -0.2) is 35.8 Å². The van der Waals surface area contributed by atoms with Gasteiger partial charge in [-0.05, 0) is 47.4 Å². The molecular formula is C21H24N4O2. The molecule has 1 aromatic heterocycles. The number of benzene rings is 1. The lowest BCUT2D eigenvalue weighted by Gasteiger charge is -2.44. The zero-order chi connectivity index (χ0) is 18.5.